The molecule has 2 heterocycles. The van der Waals surface area contributed by atoms with Gasteiger partial charge < -0.3 is 5.32 Å². The molecule has 0 radical (unpaired) electrons. The SMILES string of the molecule is CNC(Cc1ccncc1Cl)c1sc(C)nc1C. The summed E-state index contributed by atoms with van der Waals surface area (Å²) in [6, 6.07) is 2.21. The van der Waals surface area contributed by atoms with Crippen molar-refractivity contribution in [1.29, 1.82) is 0 Å². The van der Waals surface area contributed by atoms with E-state index in [2.05, 4.69) is 22.2 Å². The average Bonchev–Trinajstić information content (AvgIpc) is 2.67. The van der Waals surface area contributed by atoms with Gasteiger partial charge in [0, 0.05) is 23.3 Å². The average molecular weight is 282 g/mol. The van der Waals surface area contributed by atoms with Crippen LogP contribution in [0.4, 0.5) is 0 Å². The van der Waals surface area contributed by atoms with E-state index in [-0.39, 0.29) is 6.04 Å². The van der Waals surface area contributed by atoms with Crippen molar-refractivity contribution in [2.45, 2.75) is 26.3 Å². The van der Waals surface area contributed by atoms with E-state index in [1.165, 1.54) is 4.88 Å². The van der Waals surface area contributed by atoms with E-state index in [4.69, 9.17) is 11.6 Å². The fourth-order valence-electron chi connectivity index (χ4n) is 1.99. The molecule has 0 aliphatic carbocycles. The van der Waals surface area contributed by atoms with Gasteiger partial charge in [-0.1, -0.05) is 11.6 Å². The number of hydrogen-bond acceptors (Lipinski definition) is 4. The third-order valence-corrected chi connectivity index (χ3v) is 4.41. The molecular weight excluding hydrogens is 266 g/mol. The van der Waals surface area contributed by atoms with Gasteiger partial charge in [0.15, 0.2) is 0 Å². The fourth-order valence-corrected chi connectivity index (χ4v) is 3.22. The van der Waals surface area contributed by atoms with Crippen molar-refractivity contribution >= 4 is 22.9 Å². The van der Waals surface area contributed by atoms with E-state index in [0.29, 0.717) is 0 Å². The minimum Gasteiger partial charge on any atom is -0.312 e. The van der Waals surface area contributed by atoms with Gasteiger partial charge in [-0.2, -0.15) is 0 Å². The van der Waals surface area contributed by atoms with E-state index in [1.807, 2.05) is 20.0 Å². The molecule has 0 aromatic carbocycles. The van der Waals surface area contributed by atoms with E-state index in [9.17, 15) is 0 Å². The third kappa shape index (κ3) is 2.88. The van der Waals surface area contributed by atoms with Crippen LogP contribution in [-0.2, 0) is 6.42 Å². The molecule has 5 heteroatoms. The van der Waals surface area contributed by atoms with Crippen molar-refractivity contribution in [1.82, 2.24) is 15.3 Å². The Kier molecular flexibility index (Phi) is 4.32. The maximum atomic E-state index is 6.16. The molecule has 0 fully saturated rings. The first-order valence-electron chi connectivity index (χ1n) is 5.81. The van der Waals surface area contributed by atoms with Crippen LogP contribution < -0.4 is 5.32 Å². The van der Waals surface area contributed by atoms with Crippen molar-refractivity contribution in [3.05, 3.63) is 44.6 Å². The van der Waals surface area contributed by atoms with Crippen molar-refractivity contribution < 1.29 is 0 Å². The molecule has 1 unspecified atom stereocenters. The summed E-state index contributed by atoms with van der Waals surface area (Å²) in [6.45, 7) is 4.09. The van der Waals surface area contributed by atoms with Crippen LogP contribution in [0.5, 0.6) is 0 Å². The second-order valence-corrected chi connectivity index (χ2v) is 5.84. The number of rotatable bonds is 4. The largest absolute Gasteiger partial charge is 0.312 e. The van der Waals surface area contributed by atoms with Crippen molar-refractivity contribution in [2.75, 3.05) is 7.05 Å². The lowest BCUT2D eigenvalue weighted by molar-refractivity contribution is 0.597. The molecule has 0 aliphatic rings. The summed E-state index contributed by atoms with van der Waals surface area (Å²) in [5.41, 5.74) is 2.21. The highest BCUT2D eigenvalue weighted by Crippen LogP contribution is 2.28. The lowest BCUT2D eigenvalue weighted by Crippen LogP contribution is -2.18. The van der Waals surface area contributed by atoms with E-state index in [0.717, 1.165) is 27.7 Å². The molecule has 1 atom stereocenters. The molecule has 0 aliphatic heterocycles. The zero-order valence-corrected chi connectivity index (χ0v) is 12.3. The summed E-state index contributed by atoms with van der Waals surface area (Å²) in [5.74, 6) is 0. The van der Waals surface area contributed by atoms with Gasteiger partial charge in [0.1, 0.15) is 0 Å². The Morgan fingerprint density at radius 1 is 1.44 bits per heavy atom. The van der Waals surface area contributed by atoms with Gasteiger partial charge in [0.05, 0.1) is 15.7 Å². The molecule has 2 aromatic heterocycles. The van der Waals surface area contributed by atoms with Crippen LogP contribution in [0.25, 0.3) is 0 Å². The highest BCUT2D eigenvalue weighted by atomic mass is 35.5. The second kappa shape index (κ2) is 5.78. The van der Waals surface area contributed by atoms with Gasteiger partial charge in [0.2, 0.25) is 0 Å². The Bertz CT molecular complexity index is 539. The van der Waals surface area contributed by atoms with Crippen molar-refractivity contribution in [3.63, 3.8) is 0 Å². The Balaban J connectivity index is 2.25. The molecule has 0 spiro atoms. The smallest absolute Gasteiger partial charge is 0.0900 e. The summed E-state index contributed by atoms with van der Waals surface area (Å²) in [4.78, 5) is 9.77. The van der Waals surface area contributed by atoms with Crippen LogP contribution in [0.15, 0.2) is 18.5 Å². The molecule has 2 rings (SSSR count). The first kappa shape index (κ1) is 13.5. The van der Waals surface area contributed by atoms with Gasteiger partial charge in [-0.15, -0.1) is 11.3 Å². The van der Waals surface area contributed by atoms with Gasteiger partial charge in [-0.3, -0.25) is 4.98 Å². The monoisotopic (exact) mass is 281 g/mol. The molecule has 3 nitrogen and oxygen atoms in total. The number of hydrogen-bond donors (Lipinski definition) is 1. The number of nitrogens with zero attached hydrogens (tertiary/aromatic N) is 2. The standard InChI is InChI=1S/C13H16ClN3S/c1-8-13(18-9(2)17-8)12(15-3)6-10-4-5-16-7-11(10)14/h4-5,7,12,15H,6H2,1-3H3. The third-order valence-electron chi connectivity index (χ3n) is 2.88. The summed E-state index contributed by atoms with van der Waals surface area (Å²) in [5, 5.41) is 5.16. The number of nitrogens with one attached hydrogen (secondary N) is 1. The molecule has 18 heavy (non-hydrogen) atoms. The van der Waals surface area contributed by atoms with Crippen LogP contribution in [0.1, 0.15) is 27.2 Å². The number of pyridine rings is 1. The zero-order valence-electron chi connectivity index (χ0n) is 10.7. The molecular formula is C13H16ClN3S. The molecule has 0 bridgehead atoms. The Hall–Kier alpha value is -0.970. The molecule has 1 N–H and O–H groups in total. The molecule has 0 amide bonds. The summed E-state index contributed by atoms with van der Waals surface area (Å²) < 4.78 is 0. The highest BCUT2D eigenvalue weighted by molar-refractivity contribution is 7.11. The summed E-state index contributed by atoms with van der Waals surface area (Å²) in [7, 11) is 1.97. The second-order valence-electron chi connectivity index (χ2n) is 4.20. The topological polar surface area (TPSA) is 37.8 Å². The lowest BCUT2D eigenvalue weighted by Gasteiger charge is -2.16. The van der Waals surface area contributed by atoms with Gasteiger partial charge >= 0.3 is 0 Å². The number of halogens is 1. The van der Waals surface area contributed by atoms with Crippen molar-refractivity contribution in [2.24, 2.45) is 0 Å². The Morgan fingerprint density at radius 3 is 2.78 bits per heavy atom. The fraction of sp³-hybridized carbons (Fsp3) is 0.385. The number of likely N-dealkylation sites (N-methyl/N-ethyl adjacent to an activating group) is 1. The number of aromatic nitrogens is 2. The van der Waals surface area contributed by atoms with Crippen LogP contribution in [0.3, 0.4) is 0 Å². The normalized spacial score (nSPS) is 12.7. The van der Waals surface area contributed by atoms with Crippen molar-refractivity contribution in [3.8, 4) is 0 Å². The predicted octanol–water partition coefficient (Wildman–Crippen LogP) is 3.31. The number of thiazole rings is 1. The molecule has 0 saturated carbocycles. The van der Waals surface area contributed by atoms with Gasteiger partial charge in [0.25, 0.3) is 0 Å². The summed E-state index contributed by atoms with van der Waals surface area (Å²) >= 11 is 7.90. The first-order chi connectivity index (χ1) is 8.61. The first-order valence-corrected chi connectivity index (χ1v) is 7.01. The maximum Gasteiger partial charge on any atom is 0.0900 e. The maximum absolute atomic E-state index is 6.16. The van der Waals surface area contributed by atoms with Crippen LogP contribution >= 0.6 is 22.9 Å². The predicted molar refractivity (Wildman–Crippen MR) is 76.3 cm³/mol. The number of aryl methyl sites for hydroxylation is 2. The van der Waals surface area contributed by atoms with Gasteiger partial charge in [-0.25, -0.2) is 4.98 Å². The zero-order chi connectivity index (χ0) is 13.1. The minimum atomic E-state index is 0.246. The molecule has 0 saturated heterocycles. The molecule has 96 valence electrons. The minimum absolute atomic E-state index is 0.246. The van der Waals surface area contributed by atoms with Crippen LogP contribution in [-0.4, -0.2) is 17.0 Å². The van der Waals surface area contributed by atoms with E-state index >= 15 is 0 Å². The van der Waals surface area contributed by atoms with Crippen LogP contribution in [0.2, 0.25) is 5.02 Å². The van der Waals surface area contributed by atoms with Crippen LogP contribution in [0, 0.1) is 13.8 Å². The highest BCUT2D eigenvalue weighted by Gasteiger charge is 2.17. The quantitative estimate of drug-likeness (QED) is 0.934. The van der Waals surface area contributed by atoms with Gasteiger partial charge in [-0.05, 0) is 38.9 Å². The molecule has 2 aromatic rings. The Morgan fingerprint density at radius 2 is 2.22 bits per heavy atom. The lowest BCUT2D eigenvalue weighted by atomic mass is 10.1. The Labute approximate surface area is 116 Å². The van der Waals surface area contributed by atoms with E-state index < -0.39 is 0 Å². The summed E-state index contributed by atoms with van der Waals surface area (Å²) in [6.07, 6.45) is 4.31. The van der Waals surface area contributed by atoms with E-state index in [1.54, 1.807) is 23.7 Å².